The maximum absolute atomic E-state index is 2.48. The van der Waals surface area contributed by atoms with E-state index in [1.807, 2.05) is 0 Å². The SMILES string of the molecule is c1ccc(-c2cccc(N(c3ccccc3)c3cccc4c3-c3ccccc3C43c4ccccc4-c4ccc(N(c5ccccc5)c5ccc6ccccc6c5)cc43)c2)cc1. The van der Waals surface area contributed by atoms with Gasteiger partial charge < -0.3 is 9.80 Å². The summed E-state index contributed by atoms with van der Waals surface area (Å²) < 4.78 is 0. The Hall–Kier alpha value is -7.94. The van der Waals surface area contributed by atoms with E-state index in [4.69, 9.17) is 0 Å². The Morgan fingerprint density at radius 3 is 1.54 bits per heavy atom. The molecule has 286 valence electrons. The van der Waals surface area contributed by atoms with Crippen molar-refractivity contribution >= 4 is 44.9 Å². The molecular weight excluding hydrogens is 737 g/mol. The highest BCUT2D eigenvalue weighted by Gasteiger charge is 2.52. The smallest absolute Gasteiger partial charge is 0.0727 e. The van der Waals surface area contributed by atoms with Crippen molar-refractivity contribution in [3.63, 3.8) is 0 Å². The quantitative estimate of drug-likeness (QED) is 0.159. The third-order valence-corrected chi connectivity index (χ3v) is 12.8. The summed E-state index contributed by atoms with van der Waals surface area (Å²) >= 11 is 0. The Bertz CT molecular complexity index is 3260. The van der Waals surface area contributed by atoms with Crippen molar-refractivity contribution in [2.75, 3.05) is 9.80 Å². The van der Waals surface area contributed by atoms with Gasteiger partial charge in [0.05, 0.1) is 11.1 Å². The zero-order chi connectivity index (χ0) is 40.3. The van der Waals surface area contributed by atoms with Crippen LogP contribution in [0.5, 0.6) is 0 Å². The van der Waals surface area contributed by atoms with Crippen molar-refractivity contribution in [2.45, 2.75) is 5.41 Å². The Labute approximate surface area is 356 Å². The van der Waals surface area contributed by atoms with Gasteiger partial charge in [-0.2, -0.15) is 0 Å². The van der Waals surface area contributed by atoms with Crippen LogP contribution in [0.3, 0.4) is 0 Å². The van der Waals surface area contributed by atoms with E-state index < -0.39 is 5.41 Å². The molecule has 2 aliphatic rings. The van der Waals surface area contributed by atoms with E-state index in [1.165, 1.54) is 66.4 Å². The normalized spacial score (nSPS) is 14.3. The lowest BCUT2D eigenvalue weighted by Crippen LogP contribution is -2.26. The summed E-state index contributed by atoms with van der Waals surface area (Å²) in [6.45, 7) is 0. The highest BCUT2D eigenvalue weighted by Crippen LogP contribution is 2.65. The summed E-state index contributed by atoms with van der Waals surface area (Å²) in [6.07, 6.45) is 0. The van der Waals surface area contributed by atoms with Gasteiger partial charge in [0.2, 0.25) is 0 Å². The first-order valence-electron chi connectivity index (χ1n) is 21.1. The molecule has 2 nitrogen and oxygen atoms in total. The Kier molecular flexibility index (Phi) is 8.11. The molecule has 0 aliphatic heterocycles. The van der Waals surface area contributed by atoms with Crippen molar-refractivity contribution < 1.29 is 0 Å². The van der Waals surface area contributed by atoms with Gasteiger partial charge >= 0.3 is 0 Å². The first-order valence-corrected chi connectivity index (χ1v) is 21.1. The highest BCUT2D eigenvalue weighted by molar-refractivity contribution is 6.02. The minimum atomic E-state index is -0.552. The van der Waals surface area contributed by atoms with Crippen molar-refractivity contribution in [1.82, 2.24) is 0 Å². The Balaban J connectivity index is 1.12. The van der Waals surface area contributed by atoms with E-state index >= 15 is 0 Å². The molecule has 0 bridgehead atoms. The minimum Gasteiger partial charge on any atom is -0.310 e. The molecule has 0 saturated carbocycles. The molecule has 0 amide bonds. The number of rotatable bonds is 7. The third kappa shape index (κ3) is 5.43. The zero-order valence-corrected chi connectivity index (χ0v) is 33.5. The molecule has 1 spiro atoms. The molecule has 0 aromatic heterocycles. The molecule has 10 aromatic carbocycles. The number of hydrogen-bond acceptors (Lipinski definition) is 2. The second-order valence-corrected chi connectivity index (χ2v) is 16.1. The van der Waals surface area contributed by atoms with E-state index in [1.54, 1.807) is 0 Å². The molecule has 0 saturated heterocycles. The molecule has 0 N–H and O–H groups in total. The van der Waals surface area contributed by atoms with Gasteiger partial charge in [0.1, 0.15) is 0 Å². The van der Waals surface area contributed by atoms with Gasteiger partial charge in [-0.05, 0) is 128 Å². The number of anilines is 6. The van der Waals surface area contributed by atoms with Crippen LogP contribution >= 0.6 is 0 Å². The molecule has 0 heterocycles. The molecule has 1 atom stereocenters. The van der Waals surface area contributed by atoms with Crippen molar-refractivity contribution in [1.29, 1.82) is 0 Å². The molecule has 1 unspecified atom stereocenters. The van der Waals surface area contributed by atoms with E-state index in [-0.39, 0.29) is 0 Å². The fraction of sp³-hybridized carbons (Fsp3) is 0.0169. The maximum atomic E-state index is 2.48. The van der Waals surface area contributed by atoms with E-state index in [2.05, 4.69) is 252 Å². The van der Waals surface area contributed by atoms with Crippen LogP contribution in [0, 0.1) is 0 Å². The number of fused-ring (bicyclic) bond motifs is 11. The van der Waals surface area contributed by atoms with Crippen LogP contribution in [0.4, 0.5) is 34.1 Å². The summed E-state index contributed by atoms with van der Waals surface area (Å²) in [4.78, 5) is 4.87. The van der Waals surface area contributed by atoms with Gasteiger partial charge in [0.15, 0.2) is 0 Å². The molecule has 12 rings (SSSR count). The predicted octanol–water partition coefficient (Wildman–Crippen LogP) is 15.8. The second-order valence-electron chi connectivity index (χ2n) is 16.1. The first kappa shape index (κ1) is 35.0. The first-order chi connectivity index (χ1) is 30.3. The molecule has 0 radical (unpaired) electrons. The molecule has 2 heteroatoms. The topological polar surface area (TPSA) is 6.48 Å². The monoisotopic (exact) mass is 776 g/mol. The Morgan fingerprint density at radius 2 is 0.770 bits per heavy atom. The molecule has 0 fully saturated rings. The summed E-state index contributed by atoms with van der Waals surface area (Å²) in [5, 5.41) is 2.45. The lowest BCUT2D eigenvalue weighted by Gasteiger charge is -2.33. The number of nitrogens with zero attached hydrogens (tertiary/aromatic N) is 2. The molecule has 10 aromatic rings. The summed E-state index contributed by atoms with van der Waals surface area (Å²) in [6, 6.07) is 89.1. The third-order valence-electron chi connectivity index (χ3n) is 12.8. The zero-order valence-electron chi connectivity index (χ0n) is 33.5. The highest BCUT2D eigenvalue weighted by atomic mass is 15.1. The second kappa shape index (κ2) is 14.1. The number of para-hydroxylation sites is 2. The van der Waals surface area contributed by atoms with Crippen LogP contribution in [-0.4, -0.2) is 0 Å². The van der Waals surface area contributed by atoms with Gasteiger partial charge in [-0.1, -0.05) is 176 Å². The summed E-state index contributed by atoms with van der Waals surface area (Å²) in [7, 11) is 0. The summed E-state index contributed by atoms with van der Waals surface area (Å²) in [5.41, 5.74) is 18.9. The maximum Gasteiger partial charge on any atom is 0.0727 e. The average Bonchev–Trinajstić information content (AvgIpc) is 3.80. The van der Waals surface area contributed by atoms with Gasteiger partial charge in [-0.25, -0.2) is 0 Å². The lowest BCUT2D eigenvalue weighted by molar-refractivity contribution is 0.793. The van der Waals surface area contributed by atoms with Crippen molar-refractivity contribution in [3.8, 4) is 33.4 Å². The largest absolute Gasteiger partial charge is 0.310 e. The minimum absolute atomic E-state index is 0.552. The predicted molar refractivity (Wildman–Crippen MR) is 255 cm³/mol. The fourth-order valence-corrected chi connectivity index (χ4v) is 10.3. The van der Waals surface area contributed by atoms with Crippen LogP contribution in [0.2, 0.25) is 0 Å². The van der Waals surface area contributed by atoms with E-state index in [0.29, 0.717) is 0 Å². The molecule has 61 heavy (non-hydrogen) atoms. The van der Waals surface area contributed by atoms with Gasteiger partial charge in [0, 0.05) is 34.0 Å². The van der Waals surface area contributed by atoms with Crippen molar-refractivity contribution in [3.05, 3.63) is 265 Å². The summed E-state index contributed by atoms with van der Waals surface area (Å²) in [5.74, 6) is 0. The number of hydrogen-bond donors (Lipinski definition) is 0. The van der Waals surface area contributed by atoms with Crippen LogP contribution in [0.1, 0.15) is 22.3 Å². The standard InChI is InChI=1S/C59H40N2/c1-4-18-41(19-5-1)44-22-16-27-47(38-44)61(46-25-8-3-9-26-46)57-33-17-32-55-58(57)52-29-13-15-31-54(52)59(55)53-30-14-12-28-50(53)51-37-36-49(40-56(51)59)60(45-23-6-2-7-24-45)48-35-34-42-20-10-11-21-43(42)39-48/h1-40H. The fourth-order valence-electron chi connectivity index (χ4n) is 10.3. The molecule has 2 aliphatic carbocycles. The van der Waals surface area contributed by atoms with Crippen LogP contribution in [0.25, 0.3) is 44.2 Å². The van der Waals surface area contributed by atoms with Gasteiger partial charge in [0.25, 0.3) is 0 Å². The lowest BCUT2D eigenvalue weighted by atomic mass is 9.70. The molecular formula is C59H40N2. The van der Waals surface area contributed by atoms with Crippen LogP contribution in [0.15, 0.2) is 243 Å². The number of benzene rings is 10. The van der Waals surface area contributed by atoms with Crippen LogP contribution in [-0.2, 0) is 5.41 Å². The van der Waals surface area contributed by atoms with Crippen LogP contribution < -0.4 is 9.80 Å². The van der Waals surface area contributed by atoms with E-state index in [0.717, 1.165) is 34.1 Å². The van der Waals surface area contributed by atoms with E-state index in [9.17, 15) is 0 Å². The van der Waals surface area contributed by atoms with Gasteiger partial charge in [-0.3, -0.25) is 0 Å². The van der Waals surface area contributed by atoms with Gasteiger partial charge in [-0.15, -0.1) is 0 Å². The van der Waals surface area contributed by atoms with Crippen molar-refractivity contribution in [2.24, 2.45) is 0 Å². The Morgan fingerprint density at radius 1 is 0.262 bits per heavy atom. The average molecular weight is 777 g/mol.